The minimum atomic E-state index is -0.186. The number of amides is 3. The number of hydrogen-bond donors (Lipinski definition) is 3. The van der Waals surface area contributed by atoms with Gasteiger partial charge >= 0.3 is 0 Å². The topological polar surface area (TPSA) is 112 Å². The van der Waals surface area contributed by atoms with Crippen LogP contribution < -0.4 is 20.7 Å². The first-order valence-electron chi connectivity index (χ1n) is 10.9. The van der Waals surface area contributed by atoms with Gasteiger partial charge in [0.05, 0.1) is 18.9 Å². The van der Waals surface area contributed by atoms with E-state index in [0.717, 1.165) is 6.42 Å². The fourth-order valence-electron chi connectivity index (χ4n) is 4.91. The highest BCUT2D eigenvalue weighted by molar-refractivity contribution is 6.06. The summed E-state index contributed by atoms with van der Waals surface area (Å²) in [6.07, 6.45) is 5.12. The molecule has 1 aromatic rings. The summed E-state index contributed by atoms with van der Waals surface area (Å²) in [5, 5.41) is 9.07. The summed E-state index contributed by atoms with van der Waals surface area (Å²) in [6.45, 7) is 1.60. The van der Waals surface area contributed by atoms with Gasteiger partial charge in [-0.2, -0.15) is 0 Å². The molecule has 1 aliphatic heterocycles. The van der Waals surface area contributed by atoms with Crippen molar-refractivity contribution in [3.05, 3.63) is 42.0 Å². The molecule has 3 N–H and O–H groups in total. The van der Waals surface area contributed by atoms with E-state index in [0.29, 0.717) is 43.5 Å². The van der Waals surface area contributed by atoms with Gasteiger partial charge in [-0.05, 0) is 36.5 Å². The first-order valence-corrected chi connectivity index (χ1v) is 10.9. The Bertz CT molecular complexity index is 929. The number of ether oxygens (including phenoxy) is 1. The van der Waals surface area contributed by atoms with Gasteiger partial charge in [0.25, 0.3) is 5.91 Å². The lowest BCUT2D eigenvalue weighted by Gasteiger charge is -2.18. The molecule has 0 aromatic heterocycles. The molecule has 1 saturated carbocycles. The molecule has 2 bridgehead atoms. The molecule has 0 spiro atoms. The molecular weight excluding hydrogens is 410 g/mol. The highest BCUT2D eigenvalue weighted by Gasteiger charge is 2.58. The molecule has 2 fully saturated rings. The van der Waals surface area contributed by atoms with Gasteiger partial charge in [0.1, 0.15) is 5.75 Å². The van der Waals surface area contributed by atoms with Gasteiger partial charge < -0.3 is 20.7 Å². The summed E-state index contributed by atoms with van der Waals surface area (Å²) in [4.78, 5) is 43.2. The van der Waals surface area contributed by atoms with E-state index in [2.05, 4.69) is 33.1 Å². The minimum Gasteiger partial charge on any atom is -0.497 e. The minimum absolute atomic E-state index is 0.0400. The number of carbonyl (C=O) groups excluding carboxylic acids is 3. The van der Waals surface area contributed by atoms with Gasteiger partial charge in [0.2, 0.25) is 11.8 Å². The van der Waals surface area contributed by atoms with Crippen LogP contribution in [0, 0.1) is 23.7 Å². The third kappa shape index (κ3) is 4.19. The molecule has 4 rings (SSSR count). The zero-order chi connectivity index (χ0) is 22.7. The number of hydrogen-bond acceptors (Lipinski definition) is 5. The molecule has 4 atom stereocenters. The van der Waals surface area contributed by atoms with E-state index < -0.39 is 0 Å². The van der Waals surface area contributed by atoms with Crippen molar-refractivity contribution in [3.8, 4) is 5.75 Å². The number of guanidine groups is 1. The van der Waals surface area contributed by atoms with Crippen molar-refractivity contribution in [3.63, 3.8) is 0 Å². The zero-order valence-corrected chi connectivity index (χ0v) is 18.3. The number of carbonyl (C=O) groups is 3. The number of methoxy groups -OCH3 is 1. The van der Waals surface area contributed by atoms with E-state index in [1.54, 1.807) is 38.4 Å². The Morgan fingerprint density at radius 1 is 1.06 bits per heavy atom. The fourth-order valence-corrected chi connectivity index (χ4v) is 4.91. The van der Waals surface area contributed by atoms with E-state index in [9.17, 15) is 14.4 Å². The second kappa shape index (κ2) is 9.42. The Balaban J connectivity index is 1.17. The number of benzene rings is 1. The quantitative estimate of drug-likeness (QED) is 0.178. The number of fused-ring (bicyclic) bond motifs is 5. The molecule has 9 nitrogen and oxygen atoms in total. The van der Waals surface area contributed by atoms with Gasteiger partial charge in [-0.1, -0.05) is 18.2 Å². The van der Waals surface area contributed by atoms with Gasteiger partial charge in [0, 0.05) is 38.8 Å². The summed E-state index contributed by atoms with van der Waals surface area (Å²) in [7, 11) is 3.20. The van der Waals surface area contributed by atoms with E-state index in [-0.39, 0.29) is 41.4 Å². The largest absolute Gasteiger partial charge is 0.497 e. The SMILES string of the molecule is CN=C(NCCNC(=O)c1cccc(OC)c1)NCCN1C(=O)C2C3C=CC(C3)C2C1=O. The molecule has 170 valence electrons. The average molecular weight is 440 g/mol. The molecule has 3 amide bonds. The maximum atomic E-state index is 12.7. The van der Waals surface area contributed by atoms with Crippen molar-refractivity contribution in [1.82, 2.24) is 20.9 Å². The van der Waals surface area contributed by atoms with Crippen LogP contribution in [0.25, 0.3) is 0 Å². The van der Waals surface area contributed by atoms with Crippen LogP contribution >= 0.6 is 0 Å². The number of aliphatic imine (C=N–C) groups is 1. The van der Waals surface area contributed by atoms with Gasteiger partial charge in [0.15, 0.2) is 5.96 Å². The first kappa shape index (κ1) is 21.9. The van der Waals surface area contributed by atoms with Crippen LogP contribution in [0.15, 0.2) is 41.4 Å². The first-order chi connectivity index (χ1) is 15.5. The maximum Gasteiger partial charge on any atom is 0.251 e. The lowest BCUT2D eigenvalue weighted by atomic mass is 9.85. The Morgan fingerprint density at radius 2 is 1.72 bits per heavy atom. The van der Waals surface area contributed by atoms with Crippen molar-refractivity contribution in [1.29, 1.82) is 0 Å². The van der Waals surface area contributed by atoms with Crippen LogP contribution in [0.4, 0.5) is 0 Å². The number of nitrogens with zero attached hydrogens (tertiary/aromatic N) is 2. The number of likely N-dealkylation sites (tertiary alicyclic amines) is 1. The smallest absolute Gasteiger partial charge is 0.251 e. The van der Waals surface area contributed by atoms with Crippen LogP contribution in [-0.4, -0.2) is 68.9 Å². The van der Waals surface area contributed by atoms with Gasteiger partial charge in [-0.25, -0.2) is 0 Å². The molecule has 3 aliphatic rings. The lowest BCUT2D eigenvalue weighted by molar-refractivity contribution is -0.140. The third-order valence-electron chi connectivity index (χ3n) is 6.45. The molecule has 32 heavy (non-hydrogen) atoms. The Labute approximate surface area is 187 Å². The molecule has 9 heteroatoms. The highest BCUT2D eigenvalue weighted by Crippen LogP contribution is 2.52. The normalized spacial score (nSPS) is 25.8. The predicted molar refractivity (Wildman–Crippen MR) is 119 cm³/mol. The molecule has 1 heterocycles. The van der Waals surface area contributed by atoms with Crippen molar-refractivity contribution in [2.24, 2.45) is 28.7 Å². The highest BCUT2D eigenvalue weighted by atomic mass is 16.5. The van der Waals surface area contributed by atoms with Crippen molar-refractivity contribution in [2.45, 2.75) is 6.42 Å². The average Bonchev–Trinajstić information content (AvgIpc) is 3.50. The lowest BCUT2D eigenvalue weighted by Crippen LogP contribution is -2.45. The van der Waals surface area contributed by atoms with E-state index >= 15 is 0 Å². The zero-order valence-electron chi connectivity index (χ0n) is 18.3. The van der Waals surface area contributed by atoms with E-state index in [1.807, 2.05) is 0 Å². The van der Waals surface area contributed by atoms with Crippen molar-refractivity contribution >= 4 is 23.7 Å². The predicted octanol–water partition coefficient (Wildman–Crippen LogP) is 0.397. The maximum absolute atomic E-state index is 12.7. The van der Waals surface area contributed by atoms with Crippen LogP contribution in [-0.2, 0) is 9.59 Å². The molecule has 0 radical (unpaired) electrons. The molecule has 2 aliphatic carbocycles. The van der Waals surface area contributed by atoms with Crippen LogP contribution in [0.1, 0.15) is 16.8 Å². The second-order valence-corrected chi connectivity index (χ2v) is 8.24. The number of allylic oxidation sites excluding steroid dienone is 2. The number of nitrogens with one attached hydrogen (secondary N) is 3. The van der Waals surface area contributed by atoms with Crippen LogP contribution in [0.5, 0.6) is 5.75 Å². The number of rotatable bonds is 8. The summed E-state index contributed by atoms with van der Waals surface area (Å²) >= 11 is 0. The molecule has 4 unspecified atom stereocenters. The Morgan fingerprint density at radius 3 is 2.38 bits per heavy atom. The second-order valence-electron chi connectivity index (χ2n) is 8.24. The number of imide groups is 1. The summed E-state index contributed by atoms with van der Waals surface area (Å²) in [6, 6.07) is 6.95. The molecule has 1 saturated heterocycles. The summed E-state index contributed by atoms with van der Waals surface area (Å²) < 4.78 is 5.13. The summed E-state index contributed by atoms with van der Waals surface area (Å²) in [5.74, 6) is 1.02. The molecular formula is C23H29N5O4. The van der Waals surface area contributed by atoms with Crippen molar-refractivity contribution in [2.75, 3.05) is 40.3 Å². The standard InChI is InChI=1S/C23H29N5O4/c1-24-23(26-9-8-25-20(29)16-4-3-5-17(13-16)32-2)27-10-11-28-21(30)18-14-6-7-15(12-14)19(18)22(28)31/h3-7,13-15,18-19H,8-12H2,1-2H3,(H,25,29)(H2,24,26,27). The van der Waals surface area contributed by atoms with Crippen molar-refractivity contribution < 1.29 is 19.1 Å². The van der Waals surface area contributed by atoms with E-state index in [4.69, 9.17) is 4.74 Å². The van der Waals surface area contributed by atoms with Crippen LogP contribution in [0.2, 0.25) is 0 Å². The van der Waals surface area contributed by atoms with Crippen LogP contribution in [0.3, 0.4) is 0 Å². The Kier molecular flexibility index (Phi) is 6.43. The monoisotopic (exact) mass is 439 g/mol. The van der Waals surface area contributed by atoms with Gasteiger partial charge in [-0.15, -0.1) is 0 Å². The Hall–Kier alpha value is -3.36. The fraction of sp³-hybridized carbons (Fsp3) is 0.478. The third-order valence-corrected chi connectivity index (χ3v) is 6.45. The van der Waals surface area contributed by atoms with Gasteiger partial charge in [-0.3, -0.25) is 24.3 Å². The molecule has 1 aromatic carbocycles. The van der Waals surface area contributed by atoms with E-state index in [1.165, 1.54) is 4.90 Å². The summed E-state index contributed by atoms with van der Waals surface area (Å²) in [5.41, 5.74) is 0.528.